The summed E-state index contributed by atoms with van der Waals surface area (Å²) in [5.41, 5.74) is 1.29. The molecular weight excluding hydrogens is 320 g/mol. The Balaban J connectivity index is 1.78. The average Bonchev–Trinajstić information content (AvgIpc) is 2.97. The highest BCUT2D eigenvalue weighted by atomic mass is 16.6. The molecule has 0 saturated carbocycles. The van der Waals surface area contributed by atoms with E-state index >= 15 is 0 Å². The van der Waals surface area contributed by atoms with Crippen molar-refractivity contribution in [3.05, 3.63) is 48.4 Å². The molecule has 0 unspecified atom stereocenters. The number of amides is 1. The van der Waals surface area contributed by atoms with Gasteiger partial charge < -0.3 is 19.4 Å². The van der Waals surface area contributed by atoms with Crippen molar-refractivity contribution in [2.45, 2.75) is 12.5 Å². The van der Waals surface area contributed by atoms with Crippen molar-refractivity contribution in [2.75, 3.05) is 25.6 Å². The number of fused-ring (bicyclic) bond motifs is 1. The zero-order valence-electron chi connectivity index (χ0n) is 14.0. The Morgan fingerprint density at radius 3 is 2.88 bits per heavy atom. The fourth-order valence-corrected chi connectivity index (χ4v) is 2.94. The van der Waals surface area contributed by atoms with Crippen molar-refractivity contribution < 1.29 is 14.3 Å². The summed E-state index contributed by atoms with van der Waals surface area (Å²) in [6, 6.07) is 9.64. The summed E-state index contributed by atoms with van der Waals surface area (Å²) in [5, 5.41) is 3.68. The van der Waals surface area contributed by atoms with Gasteiger partial charge in [0.1, 0.15) is 11.6 Å². The highest BCUT2D eigenvalue weighted by Gasteiger charge is 2.42. The van der Waals surface area contributed by atoms with Gasteiger partial charge in [0.15, 0.2) is 5.60 Å². The normalized spacial score (nSPS) is 15.8. The third-order valence-corrected chi connectivity index (χ3v) is 4.39. The first kappa shape index (κ1) is 15.7. The largest absolute Gasteiger partial charge is 0.374 e. The molecule has 0 aliphatic carbocycles. The van der Waals surface area contributed by atoms with Crippen LogP contribution in [-0.2, 0) is 19.9 Å². The number of hydrogen-bond donors (Lipinski definition) is 1. The number of carbonyl (C=O) groups excluding carboxylic acids is 1. The molecule has 1 aliphatic heterocycles. The average molecular weight is 338 g/mol. The number of methoxy groups -OCH3 is 1. The van der Waals surface area contributed by atoms with Crippen LogP contribution in [0, 0.1) is 0 Å². The number of carbonyl (C=O) groups is 1. The Morgan fingerprint density at radius 2 is 2.20 bits per heavy atom. The summed E-state index contributed by atoms with van der Waals surface area (Å²) in [4.78, 5) is 20.3. The van der Waals surface area contributed by atoms with Crippen LogP contribution in [0.15, 0.2) is 42.7 Å². The van der Waals surface area contributed by atoms with E-state index in [9.17, 15) is 4.79 Å². The van der Waals surface area contributed by atoms with Gasteiger partial charge in [0.05, 0.1) is 24.4 Å². The van der Waals surface area contributed by atoms with Crippen LogP contribution in [0.5, 0.6) is 0 Å². The van der Waals surface area contributed by atoms with Crippen molar-refractivity contribution in [3.8, 4) is 5.82 Å². The summed E-state index contributed by atoms with van der Waals surface area (Å²) >= 11 is 0. The van der Waals surface area contributed by atoms with E-state index in [1.165, 1.54) is 6.92 Å². The van der Waals surface area contributed by atoms with E-state index in [4.69, 9.17) is 14.5 Å². The molecule has 25 heavy (non-hydrogen) atoms. The molecule has 1 saturated heterocycles. The van der Waals surface area contributed by atoms with Gasteiger partial charge in [0.25, 0.3) is 0 Å². The molecule has 3 aromatic rings. The van der Waals surface area contributed by atoms with Crippen LogP contribution in [0.3, 0.4) is 0 Å². The van der Waals surface area contributed by atoms with E-state index in [-0.39, 0.29) is 5.91 Å². The number of aromatic nitrogens is 3. The van der Waals surface area contributed by atoms with Crippen molar-refractivity contribution in [1.82, 2.24) is 14.5 Å². The maximum atomic E-state index is 11.3. The topological polar surface area (TPSA) is 78.3 Å². The van der Waals surface area contributed by atoms with Gasteiger partial charge in [0.2, 0.25) is 5.91 Å². The fraction of sp³-hybridized carbons (Fsp3) is 0.278. The Bertz CT molecular complexity index is 941. The number of nitrogens with zero attached hydrogens (tertiary/aromatic N) is 3. The standard InChI is InChI=1S/C18H18N4O3/c1-12(23)20-16-8-14-13(9-19-16)6-7-22(14)17-5-3-4-15(21-17)18(24-2)10-25-11-18/h3-9H,10-11H2,1-2H3,(H,19,20,23). The summed E-state index contributed by atoms with van der Waals surface area (Å²) in [5.74, 6) is 1.13. The Morgan fingerprint density at radius 1 is 1.36 bits per heavy atom. The molecule has 3 aromatic heterocycles. The molecular formula is C18H18N4O3. The summed E-state index contributed by atoms with van der Waals surface area (Å²) in [6.07, 6.45) is 3.67. The molecule has 0 spiro atoms. The van der Waals surface area contributed by atoms with Gasteiger partial charge in [-0.15, -0.1) is 0 Å². The van der Waals surface area contributed by atoms with Crippen molar-refractivity contribution in [2.24, 2.45) is 0 Å². The second-order valence-electron chi connectivity index (χ2n) is 6.07. The summed E-state index contributed by atoms with van der Waals surface area (Å²) in [6.45, 7) is 2.47. The van der Waals surface area contributed by atoms with E-state index in [0.29, 0.717) is 19.0 Å². The van der Waals surface area contributed by atoms with E-state index in [1.807, 2.05) is 41.1 Å². The highest BCUT2D eigenvalue weighted by Crippen LogP contribution is 2.32. The zero-order valence-corrected chi connectivity index (χ0v) is 14.0. The molecule has 7 heteroatoms. The van der Waals surface area contributed by atoms with Crippen LogP contribution in [0.2, 0.25) is 0 Å². The second kappa shape index (κ2) is 5.94. The van der Waals surface area contributed by atoms with Crippen LogP contribution >= 0.6 is 0 Å². The maximum absolute atomic E-state index is 11.3. The van der Waals surface area contributed by atoms with Crippen LogP contribution < -0.4 is 5.32 Å². The first-order valence-electron chi connectivity index (χ1n) is 7.97. The van der Waals surface area contributed by atoms with E-state index < -0.39 is 5.60 Å². The molecule has 1 amide bonds. The lowest BCUT2D eigenvalue weighted by Gasteiger charge is -2.39. The number of anilines is 1. The molecule has 1 aliphatic rings. The van der Waals surface area contributed by atoms with Gasteiger partial charge in [-0.1, -0.05) is 6.07 Å². The number of rotatable bonds is 4. The SMILES string of the molecule is COC1(c2cccc(-n3ccc4cnc(NC(C)=O)cc43)n2)COC1. The predicted molar refractivity (Wildman–Crippen MR) is 92.7 cm³/mol. The van der Waals surface area contributed by atoms with Gasteiger partial charge >= 0.3 is 0 Å². The highest BCUT2D eigenvalue weighted by molar-refractivity contribution is 5.91. The first-order chi connectivity index (χ1) is 12.1. The van der Waals surface area contributed by atoms with E-state index in [2.05, 4.69) is 10.3 Å². The van der Waals surface area contributed by atoms with Crippen LogP contribution in [-0.4, -0.2) is 40.8 Å². The molecule has 0 atom stereocenters. The lowest BCUT2D eigenvalue weighted by Crippen LogP contribution is -2.48. The Hall–Kier alpha value is -2.77. The van der Waals surface area contributed by atoms with Gasteiger partial charge in [-0.05, 0) is 18.2 Å². The predicted octanol–water partition coefficient (Wildman–Crippen LogP) is 2.25. The smallest absolute Gasteiger partial charge is 0.222 e. The second-order valence-corrected chi connectivity index (χ2v) is 6.07. The molecule has 1 fully saturated rings. The van der Waals surface area contributed by atoms with Crippen LogP contribution in [0.1, 0.15) is 12.6 Å². The number of hydrogen-bond acceptors (Lipinski definition) is 5. The van der Waals surface area contributed by atoms with Crippen molar-refractivity contribution in [1.29, 1.82) is 0 Å². The fourth-order valence-electron chi connectivity index (χ4n) is 2.94. The summed E-state index contributed by atoms with van der Waals surface area (Å²) in [7, 11) is 1.67. The third kappa shape index (κ3) is 2.67. The molecule has 1 N–H and O–H groups in total. The number of ether oxygens (including phenoxy) is 2. The van der Waals surface area contributed by atoms with Gasteiger partial charge in [-0.25, -0.2) is 9.97 Å². The quantitative estimate of drug-likeness (QED) is 0.789. The molecule has 0 aromatic carbocycles. The molecule has 7 nitrogen and oxygen atoms in total. The molecule has 0 bridgehead atoms. The lowest BCUT2D eigenvalue weighted by molar-refractivity contribution is -0.204. The Labute approximate surface area is 144 Å². The van der Waals surface area contributed by atoms with Gasteiger partial charge in [-0.3, -0.25) is 4.79 Å². The number of nitrogens with one attached hydrogen (secondary N) is 1. The van der Waals surface area contributed by atoms with Crippen molar-refractivity contribution in [3.63, 3.8) is 0 Å². The Kier molecular flexibility index (Phi) is 3.74. The lowest BCUT2D eigenvalue weighted by atomic mass is 9.97. The maximum Gasteiger partial charge on any atom is 0.222 e. The minimum atomic E-state index is -0.470. The van der Waals surface area contributed by atoms with Crippen molar-refractivity contribution >= 4 is 22.6 Å². The number of pyridine rings is 2. The van der Waals surface area contributed by atoms with Gasteiger partial charge in [-0.2, -0.15) is 0 Å². The van der Waals surface area contributed by atoms with Crippen LogP contribution in [0.25, 0.3) is 16.7 Å². The van der Waals surface area contributed by atoms with Crippen LogP contribution in [0.4, 0.5) is 5.82 Å². The summed E-state index contributed by atoms with van der Waals surface area (Å²) < 4.78 is 12.9. The zero-order chi connectivity index (χ0) is 17.4. The third-order valence-electron chi connectivity index (χ3n) is 4.39. The molecule has 0 radical (unpaired) electrons. The first-order valence-corrected chi connectivity index (χ1v) is 7.97. The molecule has 128 valence electrons. The van der Waals surface area contributed by atoms with E-state index in [1.54, 1.807) is 13.3 Å². The molecule has 4 rings (SSSR count). The van der Waals surface area contributed by atoms with Gasteiger partial charge in [0, 0.05) is 37.9 Å². The van der Waals surface area contributed by atoms with E-state index in [0.717, 1.165) is 22.4 Å². The minimum Gasteiger partial charge on any atom is -0.374 e. The monoisotopic (exact) mass is 338 g/mol. The minimum absolute atomic E-state index is 0.155. The molecule has 4 heterocycles.